The monoisotopic (exact) mass is 554 g/mol. The number of hydrogen-bond acceptors (Lipinski definition) is 4. The van der Waals surface area contributed by atoms with Gasteiger partial charge in [-0.3, -0.25) is 4.79 Å². The lowest BCUT2D eigenvalue weighted by molar-refractivity contribution is -0.127. The Morgan fingerprint density at radius 2 is 1.81 bits per heavy atom. The minimum absolute atomic E-state index is 0. The summed E-state index contributed by atoms with van der Waals surface area (Å²) in [4.78, 5) is 18.0. The number of rotatable bonds is 9. The molecule has 0 fully saturated rings. The number of hydrogen-bond donors (Lipinski definition) is 2. The Balaban J connectivity index is 0.00000512. The molecule has 2 aromatic carbocycles. The minimum Gasteiger partial charge on any atom is -0.496 e. The highest BCUT2D eigenvalue weighted by atomic mass is 127. The van der Waals surface area contributed by atoms with Crippen molar-refractivity contribution in [2.45, 2.75) is 33.3 Å². The zero-order chi connectivity index (χ0) is 22.8. The van der Waals surface area contributed by atoms with Gasteiger partial charge in [-0.1, -0.05) is 17.7 Å². The zero-order valence-corrected chi connectivity index (χ0v) is 22.1. The lowest BCUT2D eigenvalue weighted by atomic mass is 10.1. The number of amides is 1. The SMILES string of the molecule is COc1ccc(C)cc1CCNC(=NCC(=O)N(C)C)Nc1ccc(OC(C)C)cc1.I. The van der Waals surface area contributed by atoms with E-state index in [0.29, 0.717) is 12.5 Å². The summed E-state index contributed by atoms with van der Waals surface area (Å²) in [6.07, 6.45) is 0.877. The number of halogens is 1. The molecule has 0 atom stereocenters. The third kappa shape index (κ3) is 9.33. The molecule has 176 valence electrons. The van der Waals surface area contributed by atoms with Crippen LogP contribution in [0.1, 0.15) is 25.0 Å². The van der Waals surface area contributed by atoms with E-state index in [4.69, 9.17) is 9.47 Å². The molecule has 0 radical (unpaired) electrons. The van der Waals surface area contributed by atoms with Crippen LogP contribution in [0.4, 0.5) is 5.69 Å². The zero-order valence-electron chi connectivity index (χ0n) is 19.8. The number of benzene rings is 2. The van der Waals surface area contributed by atoms with Crippen LogP contribution in [-0.4, -0.2) is 57.2 Å². The first kappa shape index (κ1) is 27.5. The van der Waals surface area contributed by atoms with Crippen molar-refractivity contribution in [3.8, 4) is 11.5 Å². The Bertz CT molecular complexity index is 883. The molecule has 7 nitrogen and oxygen atoms in total. The maximum absolute atomic E-state index is 12.0. The number of likely N-dealkylation sites (N-methyl/N-ethyl adjacent to an activating group) is 1. The predicted octanol–water partition coefficient (Wildman–Crippen LogP) is 4.10. The summed E-state index contributed by atoms with van der Waals surface area (Å²) in [7, 11) is 5.11. The molecule has 0 saturated carbocycles. The quantitative estimate of drug-likeness (QED) is 0.278. The summed E-state index contributed by atoms with van der Waals surface area (Å²) >= 11 is 0. The highest BCUT2D eigenvalue weighted by Crippen LogP contribution is 2.20. The molecule has 0 bridgehead atoms. The van der Waals surface area contributed by atoms with Gasteiger partial charge in [0.25, 0.3) is 0 Å². The third-order valence-corrected chi connectivity index (χ3v) is 4.48. The molecular weight excluding hydrogens is 519 g/mol. The van der Waals surface area contributed by atoms with Gasteiger partial charge in [-0.25, -0.2) is 4.99 Å². The molecule has 0 aliphatic rings. The maximum Gasteiger partial charge on any atom is 0.243 e. The van der Waals surface area contributed by atoms with E-state index < -0.39 is 0 Å². The number of aryl methyl sites for hydroxylation is 1. The van der Waals surface area contributed by atoms with E-state index in [0.717, 1.165) is 29.2 Å². The van der Waals surface area contributed by atoms with Crippen molar-refractivity contribution in [2.24, 2.45) is 4.99 Å². The smallest absolute Gasteiger partial charge is 0.243 e. The van der Waals surface area contributed by atoms with Crippen LogP contribution in [0.3, 0.4) is 0 Å². The van der Waals surface area contributed by atoms with Crippen LogP contribution in [0.15, 0.2) is 47.5 Å². The minimum atomic E-state index is -0.0675. The van der Waals surface area contributed by atoms with Crippen molar-refractivity contribution >= 4 is 41.5 Å². The largest absolute Gasteiger partial charge is 0.496 e. The molecule has 2 N–H and O–H groups in total. The van der Waals surface area contributed by atoms with Gasteiger partial charge in [-0.05, 0) is 63.1 Å². The highest BCUT2D eigenvalue weighted by Gasteiger charge is 2.08. The Hall–Kier alpha value is -2.49. The van der Waals surface area contributed by atoms with E-state index in [1.807, 2.05) is 50.2 Å². The Morgan fingerprint density at radius 1 is 1.12 bits per heavy atom. The Kier molecular flexibility index (Phi) is 11.9. The fraction of sp³-hybridized carbons (Fsp3) is 0.417. The average Bonchev–Trinajstić information content (AvgIpc) is 2.72. The molecule has 0 spiro atoms. The Labute approximate surface area is 208 Å². The number of nitrogens with zero attached hydrogens (tertiary/aromatic N) is 2. The van der Waals surface area contributed by atoms with E-state index in [-0.39, 0.29) is 42.5 Å². The summed E-state index contributed by atoms with van der Waals surface area (Å²) in [6, 6.07) is 13.8. The highest BCUT2D eigenvalue weighted by molar-refractivity contribution is 14.0. The molecule has 2 aromatic rings. The van der Waals surface area contributed by atoms with Crippen molar-refractivity contribution in [2.75, 3.05) is 39.6 Å². The molecule has 1 amide bonds. The average molecular weight is 554 g/mol. The van der Waals surface area contributed by atoms with E-state index in [1.165, 1.54) is 10.5 Å². The first-order valence-electron chi connectivity index (χ1n) is 10.4. The van der Waals surface area contributed by atoms with Crippen LogP contribution >= 0.6 is 24.0 Å². The summed E-state index contributed by atoms with van der Waals surface area (Å²) in [5.41, 5.74) is 3.16. The van der Waals surface area contributed by atoms with Gasteiger partial charge in [-0.2, -0.15) is 0 Å². The van der Waals surface area contributed by atoms with Crippen LogP contribution in [0.5, 0.6) is 11.5 Å². The number of carbonyl (C=O) groups excluding carboxylic acids is 1. The molecule has 2 rings (SSSR count). The van der Waals surface area contributed by atoms with Gasteiger partial charge in [0.05, 0.1) is 13.2 Å². The first-order chi connectivity index (χ1) is 14.8. The van der Waals surface area contributed by atoms with Crippen LogP contribution in [0, 0.1) is 6.92 Å². The topological polar surface area (TPSA) is 75.2 Å². The van der Waals surface area contributed by atoms with Crippen molar-refractivity contribution in [3.05, 3.63) is 53.6 Å². The lowest BCUT2D eigenvalue weighted by Crippen LogP contribution is -2.34. The second-order valence-corrected chi connectivity index (χ2v) is 7.76. The molecule has 0 unspecified atom stereocenters. The fourth-order valence-corrected chi connectivity index (χ4v) is 2.87. The molecular formula is C24H35IN4O3. The van der Waals surface area contributed by atoms with E-state index >= 15 is 0 Å². The van der Waals surface area contributed by atoms with Gasteiger partial charge in [-0.15, -0.1) is 24.0 Å². The van der Waals surface area contributed by atoms with Crippen molar-refractivity contribution < 1.29 is 14.3 Å². The van der Waals surface area contributed by atoms with Gasteiger partial charge in [0.15, 0.2) is 5.96 Å². The van der Waals surface area contributed by atoms with Crippen molar-refractivity contribution in [1.82, 2.24) is 10.2 Å². The van der Waals surface area contributed by atoms with Gasteiger partial charge < -0.3 is 25.0 Å². The molecule has 0 aliphatic carbocycles. The summed E-state index contributed by atoms with van der Waals surface area (Å²) < 4.78 is 11.2. The van der Waals surface area contributed by atoms with Crippen molar-refractivity contribution in [3.63, 3.8) is 0 Å². The third-order valence-electron chi connectivity index (χ3n) is 4.48. The number of aliphatic imine (C=N–C) groups is 1. The van der Waals surface area contributed by atoms with Gasteiger partial charge in [0.1, 0.15) is 18.0 Å². The summed E-state index contributed by atoms with van der Waals surface area (Å²) in [5.74, 6) is 2.14. The second-order valence-electron chi connectivity index (χ2n) is 7.76. The molecule has 0 aromatic heterocycles. The number of anilines is 1. The number of methoxy groups -OCH3 is 1. The normalized spacial score (nSPS) is 10.9. The lowest BCUT2D eigenvalue weighted by Gasteiger charge is -2.15. The molecule has 0 heterocycles. The standard InChI is InChI=1S/C24H34N4O3.HI/c1-17(2)31-21-10-8-20(9-11-21)27-24(26-16-23(29)28(4)5)25-14-13-19-15-18(3)7-12-22(19)30-6;/h7-12,15,17H,13-14,16H2,1-6H3,(H2,25,26,27);1H. The predicted molar refractivity (Wildman–Crippen MR) is 142 cm³/mol. The summed E-state index contributed by atoms with van der Waals surface area (Å²) in [6.45, 7) is 6.74. The van der Waals surface area contributed by atoms with Crippen LogP contribution in [-0.2, 0) is 11.2 Å². The van der Waals surface area contributed by atoms with Gasteiger partial charge in [0.2, 0.25) is 5.91 Å². The number of nitrogens with one attached hydrogen (secondary N) is 2. The van der Waals surface area contributed by atoms with Crippen LogP contribution < -0.4 is 20.1 Å². The molecule has 0 saturated heterocycles. The summed E-state index contributed by atoms with van der Waals surface area (Å²) in [5, 5.41) is 6.57. The van der Waals surface area contributed by atoms with E-state index in [1.54, 1.807) is 21.2 Å². The van der Waals surface area contributed by atoms with Crippen molar-refractivity contribution in [1.29, 1.82) is 0 Å². The second kappa shape index (κ2) is 13.8. The number of carbonyl (C=O) groups is 1. The first-order valence-corrected chi connectivity index (χ1v) is 10.4. The fourth-order valence-electron chi connectivity index (χ4n) is 2.87. The van der Waals surface area contributed by atoms with Gasteiger partial charge >= 0.3 is 0 Å². The number of guanidine groups is 1. The maximum atomic E-state index is 12.0. The molecule has 32 heavy (non-hydrogen) atoms. The van der Waals surface area contributed by atoms with Gasteiger partial charge in [0, 0.05) is 26.3 Å². The van der Waals surface area contributed by atoms with Crippen LogP contribution in [0.25, 0.3) is 0 Å². The molecule has 0 aliphatic heterocycles. The van der Waals surface area contributed by atoms with E-state index in [9.17, 15) is 4.79 Å². The van der Waals surface area contributed by atoms with Crippen LogP contribution in [0.2, 0.25) is 0 Å². The van der Waals surface area contributed by atoms with E-state index in [2.05, 4.69) is 28.6 Å². The number of ether oxygens (including phenoxy) is 2. The Morgan fingerprint density at radius 3 is 2.41 bits per heavy atom. The molecule has 8 heteroatoms.